The number of fused-ring (bicyclic) bond motifs is 3. The number of cyclic esters (lactones) is 1. The van der Waals surface area contributed by atoms with E-state index in [1.807, 2.05) is 18.2 Å². The van der Waals surface area contributed by atoms with Crippen LogP contribution in [0, 0.1) is 11.8 Å². The van der Waals surface area contributed by atoms with E-state index < -0.39 is 12.0 Å². The van der Waals surface area contributed by atoms with Crippen molar-refractivity contribution in [3.8, 4) is 28.7 Å². The Morgan fingerprint density at radius 1 is 0.903 bits per heavy atom. The molecular formula is C22H22O8Pb. The fourth-order valence-corrected chi connectivity index (χ4v) is 4.81. The average molecular weight is 622 g/mol. The van der Waals surface area contributed by atoms with E-state index in [9.17, 15) is 9.90 Å². The van der Waals surface area contributed by atoms with Gasteiger partial charge in [-0.2, -0.15) is 0 Å². The van der Waals surface area contributed by atoms with Gasteiger partial charge in [-0.1, -0.05) is 0 Å². The monoisotopic (exact) mass is 622 g/mol. The molecule has 3 aliphatic rings. The number of esters is 1. The second-order valence-electron chi connectivity index (χ2n) is 7.54. The summed E-state index contributed by atoms with van der Waals surface area (Å²) in [4.78, 5) is 12.7. The molecule has 0 bridgehead atoms. The molecule has 1 saturated heterocycles. The number of rotatable bonds is 4. The molecule has 0 aromatic heterocycles. The first-order valence-electron chi connectivity index (χ1n) is 9.65. The fourth-order valence-electron chi connectivity index (χ4n) is 4.81. The molecule has 2 aromatic rings. The molecule has 9 heteroatoms. The van der Waals surface area contributed by atoms with Crippen LogP contribution in [0.5, 0.6) is 28.7 Å². The van der Waals surface area contributed by atoms with Crippen LogP contribution in [0.2, 0.25) is 0 Å². The van der Waals surface area contributed by atoms with Gasteiger partial charge in [-0.05, 0) is 41.0 Å². The minimum absolute atomic E-state index is 0. The molecule has 1 fully saturated rings. The van der Waals surface area contributed by atoms with Crippen LogP contribution in [-0.4, -0.2) is 73.1 Å². The Bertz CT molecular complexity index is 998. The third-order valence-corrected chi connectivity index (χ3v) is 6.19. The maximum absolute atomic E-state index is 12.7. The van der Waals surface area contributed by atoms with Crippen molar-refractivity contribution in [1.29, 1.82) is 0 Å². The van der Waals surface area contributed by atoms with Crippen LogP contribution in [0.4, 0.5) is 0 Å². The van der Waals surface area contributed by atoms with E-state index in [1.54, 1.807) is 20.3 Å². The van der Waals surface area contributed by atoms with Crippen LogP contribution >= 0.6 is 0 Å². The van der Waals surface area contributed by atoms with Crippen molar-refractivity contribution in [3.05, 3.63) is 41.0 Å². The first kappa shape index (κ1) is 22.0. The summed E-state index contributed by atoms with van der Waals surface area (Å²) >= 11 is 0. The van der Waals surface area contributed by atoms with E-state index in [0.29, 0.717) is 34.3 Å². The normalized spacial score (nSPS) is 25.1. The van der Waals surface area contributed by atoms with Gasteiger partial charge in [-0.25, -0.2) is 0 Å². The van der Waals surface area contributed by atoms with Gasteiger partial charge in [0, 0.05) is 39.1 Å². The van der Waals surface area contributed by atoms with Crippen LogP contribution in [-0.2, 0) is 9.53 Å². The Morgan fingerprint density at radius 2 is 1.52 bits per heavy atom. The SMILES string of the molecule is COc1cc([C@@H]2c3cc4c(cc3[C@H](O)[C@H]3COC(=O)[C@H]23)OCO4)cc(OC)c1OC.[Pb]. The van der Waals surface area contributed by atoms with Gasteiger partial charge in [0.05, 0.1) is 40.0 Å². The minimum atomic E-state index is -0.843. The fraction of sp³-hybridized carbons (Fsp3) is 0.409. The first-order chi connectivity index (χ1) is 14.6. The molecule has 1 aliphatic carbocycles. The number of aliphatic hydroxyl groups is 1. The Morgan fingerprint density at radius 3 is 2.10 bits per heavy atom. The van der Waals surface area contributed by atoms with Gasteiger partial charge >= 0.3 is 5.97 Å². The second-order valence-corrected chi connectivity index (χ2v) is 7.54. The van der Waals surface area contributed by atoms with Crippen molar-refractivity contribution >= 4 is 33.3 Å². The zero-order valence-corrected chi connectivity index (χ0v) is 21.2. The van der Waals surface area contributed by atoms with E-state index in [2.05, 4.69) is 0 Å². The Kier molecular flexibility index (Phi) is 5.95. The van der Waals surface area contributed by atoms with Gasteiger partial charge in [0.25, 0.3) is 0 Å². The van der Waals surface area contributed by atoms with Crippen molar-refractivity contribution in [3.63, 3.8) is 0 Å². The summed E-state index contributed by atoms with van der Waals surface area (Å²) in [6, 6.07) is 7.31. The summed E-state index contributed by atoms with van der Waals surface area (Å²) in [7, 11) is 4.63. The first-order valence-corrected chi connectivity index (χ1v) is 9.65. The third-order valence-electron chi connectivity index (χ3n) is 6.19. The Labute approximate surface area is 199 Å². The number of hydrogen-bond donors (Lipinski definition) is 1. The molecule has 2 aliphatic heterocycles. The standard InChI is InChI=1S/C22H22O8.Pb/c1-25-16-4-10(5-17(26-2)21(16)27-3)18-11-6-14-15(30-9-29-14)7-12(11)20(23)13-8-28-22(24)19(13)18;/h4-7,13,18-20,23H,8-9H2,1-3H3;/t13-,18+,19-,20-;/m0./s1. The number of aliphatic hydroxyl groups excluding tert-OH is 1. The molecule has 5 rings (SSSR count). The second kappa shape index (κ2) is 8.38. The summed E-state index contributed by atoms with van der Waals surface area (Å²) in [5, 5.41) is 11.0. The summed E-state index contributed by atoms with van der Waals surface area (Å²) in [6.45, 7) is 0.289. The van der Waals surface area contributed by atoms with Crippen LogP contribution < -0.4 is 23.7 Å². The van der Waals surface area contributed by atoms with E-state index >= 15 is 0 Å². The molecule has 4 atom stereocenters. The van der Waals surface area contributed by atoms with Gasteiger partial charge in [-0.15, -0.1) is 0 Å². The average Bonchev–Trinajstić information content (AvgIpc) is 3.38. The molecule has 1 N–H and O–H groups in total. The maximum Gasteiger partial charge on any atom is 0.310 e. The molecule has 31 heavy (non-hydrogen) atoms. The van der Waals surface area contributed by atoms with Gasteiger partial charge in [-0.3, -0.25) is 4.79 Å². The Hall–Kier alpha value is -2.21. The van der Waals surface area contributed by atoms with E-state index in [0.717, 1.165) is 11.1 Å². The number of benzene rings is 2. The van der Waals surface area contributed by atoms with Crippen molar-refractivity contribution in [2.24, 2.45) is 11.8 Å². The van der Waals surface area contributed by atoms with Gasteiger partial charge < -0.3 is 33.5 Å². The molecule has 8 nitrogen and oxygen atoms in total. The van der Waals surface area contributed by atoms with Crippen LogP contribution in [0.15, 0.2) is 24.3 Å². The summed E-state index contributed by atoms with van der Waals surface area (Å²) in [6.07, 6.45) is -0.843. The molecule has 4 radical (unpaired) electrons. The van der Waals surface area contributed by atoms with Crippen LogP contribution in [0.25, 0.3) is 0 Å². The predicted octanol–water partition coefficient (Wildman–Crippen LogP) is 2.03. The van der Waals surface area contributed by atoms with Crippen molar-refractivity contribution < 1.29 is 38.3 Å². The quantitative estimate of drug-likeness (QED) is 0.410. The predicted molar refractivity (Wildman–Crippen MR) is 109 cm³/mol. The smallest absolute Gasteiger partial charge is 0.310 e. The molecular weight excluding hydrogens is 599 g/mol. The molecule has 0 spiro atoms. The van der Waals surface area contributed by atoms with Crippen molar-refractivity contribution in [2.75, 3.05) is 34.7 Å². The Balaban J connectivity index is 0.00000231. The molecule has 162 valence electrons. The topological polar surface area (TPSA) is 92.7 Å². The molecule has 0 saturated carbocycles. The van der Waals surface area contributed by atoms with Crippen LogP contribution in [0.3, 0.4) is 0 Å². The number of hydrogen-bond acceptors (Lipinski definition) is 8. The molecule has 0 amide bonds. The minimum Gasteiger partial charge on any atom is -0.493 e. The maximum atomic E-state index is 12.7. The van der Waals surface area contributed by atoms with Gasteiger partial charge in [0.15, 0.2) is 23.0 Å². The number of methoxy groups -OCH3 is 3. The van der Waals surface area contributed by atoms with Gasteiger partial charge in [0.2, 0.25) is 12.5 Å². The van der Waals surface area contributed by atoms with Crippen molar-refractivity contribution in [1.82, 2.24) is 0 Å². The zero-order chi connectivity index (χ0) is 21.0. The molecule has 2 heterocycles. The van der Waals surface area contributed by atoms with Gasteiger partial charge in [0.1, 0.15) is 0 Å². The number of carbonyl (C=O) groups excluding carboxylic acids is 1. The number of carbonyl (C=O) groups is 1. The van der Waals surface area contributed by atoms with Crippen molar-refractivity contribution in [2.45, 2.75) is 12.0 Å². The molecule has 2 aromatic carbocycles. The summed E-state index contributed by atoms with van der Waals surface area (Å²) in [5.41, 5.74) is 2.30. The summed E-state index contributed by atoms with van der Waals surface area (Å²) in [5.74, 6) is 0.989. The van der Waals surface area contributed by atoms with E-state index in [4.69, 9.17) is 28.4 Å². The third kappa shape index (κ3) is 3.31. The van der Waals surface area contributed by atoms with Crippen LogP contribution in [0.1, 0.15) is 28.7 Å². The molecule has 0 unspecified atom stereocenters. The number of ether oxygens (including phenoxy) is 6. The largest absolute Gasteiger partial charge is 0.493 e. The summed E-state index contributed by atoms with van der Waals surface area (Å²) < 4.78 is 32.9. The zero-order valence-electron chi connectivity index (χ0n) is 17.3. The van der Waals surface area contributed by atoms with E-state index in [1.165, 1.54) is 7.11 Å². The van der Waals surface area contributed by atoms with E-state index in [-0.39, 0.29) is 58.5 Å².